The van der Waals surface area contributed by atoms with Crippen LogP contribution in [0.1, 0.15) is 6.42 Å². The smallest absolute Gasteiger partial charge is 0.314 e. The highest BCUT2D eigenvalue weighted by Crippen LogP contribution is 2.32. The lowest BCUT2D eigenvalue weighted by Crippen LogP contribution is -2.39. The molecule has 1 aliphatic rings. The minimum absolute atomic E-state index is 0.104. The number of anilines is 2. The lowest BCUT2D eigenvalue weighted by molar-refractivity contribution is -0.383. The van der Waals surface area contributed by atoms with E-state index in [0.717, 1.165) is 6.42 Å². The van der Waals surface area contributed by atoms with Gasteiger partial charge in [-0.3, -0.25) is 10.1 Å². The Kier molecular flexibility index (Phi) is 3.87. The van der Waals surface area contributed by atoms with Crippen LogP contribution in [0.3, 0.4) is 0 Å². The molecule has 1 aromatic rings. The van der Waals surface area contributed by atoms with Crippen molar-refractivity contribution in [3.8, 4) is 0 Å². The molecule has 104 valence electrons. The zero-order chi connectivity index (χ0) is 13.9. The first-order valence-corrected chi connectivity index (χ1v) is 5.98. The summed E-state index contributed by atoms with van der Waals surface area (Å²) < 4.78 is 10.8. The lowest BCUT2D eigenvalue weighted by Gasteiger charge is -2.26. The Bertz CT molecular complexity index is 472. The fourth-order valence-electron chi connectivity index (χ4n) is 2.13. The highest BCUT2D eigenvalue weighted by Gasteiger charge is 2.35. The number of ether oxygens (including phenoxy) is 2. The first-order valence-electron chi connectivity index (χ1n) is 5.98. The Hall–Kier alpha value is -1.86. The van der Waals surface area contributed by atoms with Crippen LogP contribution in [0.2, 0.25) is 0 Å². The molecule has 1 aromatic carbocycles. The molecule has 19 heavy (non-hydrogen) atoms. The molecule has 0 spiro atoms. The highest BCUT2D eigenvalue weighted by molar-refractivity contribution is 5.74. The number of hydrogen-bond acceptors (Lipinski definition) is 6. The predicted molar refractivity (Wildman–Crippen MR) is 71.2 cm³/mol. The molecular weight excluding hydrogens is 250 g/mol. The van der Waals surface area contributed by atoms with Crippen LogP contribution in [0.5, 0.6) is 0 Å². The van der Waals surface area contributed by atoms with E-state index < -0.39 is 10.5 Å². The van der Waals surface area contributed by atoms with Crippen LogP contribution in [0, 0.1) is 10.1 Å². The number of nitrogen functional groups attached to an aromatic ring is 1. The molecule has 0 aliphatic carbocycles. The Morgan fingerprint density at radius 3 is 3.00 bits per heavy atom. The van der Waals surface area contributed by atoms with Crippen molar-refractivity contribution in [2.24, 2.45) is 0 Å². The van der Waals surface area contributed by atoms with E-state index in [0.29, 0.717) is 25.4 Å². The summed E-state index contributed by atoms with van der Waals surface area (Å²) in [6.07, 6.45) is 0.757. The van der Waals surface area contributed by atoms with E-state index >= 15 is 0 Å². The van der Waals surface area contributed by atoms with Gasteiger partial charge in [0.2, 0.25) is 0 Å². The van der Waals surface area contributed by atoms with Gasteiger partial charge in [-0.2, -0.15) is 0 Å². The van der Waals surface area contributed by atoms with Crippen LogP contribution in [0.15, 0.2) is 18.2 Å². The number of nitro groups is 1. The fourth-order valence-corrected chi connectivity index (χ4v) is 2.13. The molecule has 0 aromatic heterocycles. The maximum Gasteiger partial charge on any atom is 0.314 e. The molecule has 7 heteroatoms. The third-order valence-corrected chi connectivity index (χ3v) is 3.35. The van der Waals surface area contributed by atoms with Crippen molar-refractivity contribution < 1.29 is 14.4 Å². The van der Waals surface area contributed by atoms with Gasteiger partial charge in [0.15, 0.2) is 0 Å². The molecule has 1 fully saturated rings. The van der Waals surface area contributed by atoms with Crippen LogP contribution in [-0.2, 0) is 9.47 Å². The second kappa shape index (κ2) is 5.41. The van der Waals surface area contributed by atoms with E-state index in [4.69, 9.17) is 15.2 Å². The summed E-state index contributed by atoms with van der Waals surface area (Å²) in [7, 11) is 1.62. The average Bonchev–Trinajstić information content (AvgIpc) is 2.85. The average molecular weight is 267 g/mol. The number of nitrogens with one attached hydrogen (secondary N) is 1. The van der Waals surface area contributed by atoms with Crippen LogP contribution in [0.25, 0.3) is 0 Å². The van der Waals surface area contributed by atoms with Crippen molar-refractivity contribution in [2.75, 3.05) is 37.9 Å². The van der Waals surface area contributed by atoms with Gasteiger partial charge in [0, 0.05) is 26.7 Å². The zero-order valence-corrected chi connectivity index (χ0v) is 10.7. The standard InChI is InChI=1S/C12H17N3O4/c1-18-12(5-6-19-8-12)7-14-10-4-2-3-9(13)11(10)15(16)17/h2-4,14H,5-8,13H2,1H3. The van der Waals surface area contributed by atoms with E-state index in [9.17, 15) is 10.1 Å². The van der Waals surface area contributed by atoms with Gasteiger partial charge in [-0.1, -0.05) is 6.07 Å². The van der Waals surface area contributed by atoms with Crippen molar-refractivity contribution in [2.45, 2.75) is 12.0 Å². The fraction of sp³-hybridized carbons (Fsp3) is 0.500. The van der Waals surface area contributed by atoms with Gasteiger partial charge in [0.25, 0.3) is 0 Å². The Labute approximate surface area is 110 Å². The van der Waals surface area contributed by atoms with Crippen molar-refractivity contribution in [1.82, 2.24) is 0 Å². The van der Waals surface area contributed by atoms with Gasteiger partial charge >= 0.3 is 5.69 Å². The number of nitro benzene ring substituents is 1. The summed E-state index contributed by atoms with van der Waals surface area (Å²) in [4.78, 5) is 10.5. The molecule has 1 atom stereocenters. The molecule has 3 N–H and O–H groups in total. The monoisotopic (exact) mass is 267 g/mol. The topological polar surface area (TPSA) is 99.7 Å². The number of hydrogen-bond donors (Lipinski definition) is 2. The highest BCUT2D eigenvalue weighted by atomic mass is 16.6. The van der Waals surface area contributed by atoms with Crippen LogP contribution >= 0.6 is 0 Å². The molecule has 1 saturated heterocycles. The van der Waals surface area contributed by atoms with Crippen molar-refractivity contribution in [3.05, 3.63) is 28.3 Å². The van der Waals surface area contributed by atoms with Crippen molar-refractivity contribution >= 4 is 17.1 Å². The lowest BCUT2D eigenvalue weighted by atomic mass is 10.0. The van der Waals surface area contributed by atoms with Gasteiger partial charge in [-0.25, -0.2) is 0 Å². The van der Waals surface area contributed by atoms with E-state index in [-0.39, 0.29) is 11.4 Å². The maximum atomic E-state index is 11.0. The van der Waals surface area contributed by atoms with E-state index in [1.165, 1.54) is 6.07 Å². The molecule has 0 saturated carbocycles. The second-order valence-corrected chi connectivity index (χ2v) is 4.54. The molecule has 2 rings (SSSR count). The number of rotatable bonds is 5. The number of nitrogens with two attached hydrogens (primary N) is 1. The zero-order valence-electron chi connectivity index (χ0n) is 10.7. The number of benzene rings is 1. The third kappa shape index (κ3) is 2.77. The molecule has 7 nitrogen and oxygen atoms in total. The number of nitrogens with zero attached hydrogens (tertiary/aromatic N) is 1. The molecule has 0 bridgehead atoms. The first-order chi connectivity index (χ1) is 9.08. The minimum atomic E-state index is -0.484. The maximum absolute atomic E-state index is 11.0. The molecular formula is C12H17N3O4. The number of methoxy groups -OCH3 is 1. The van der Waals surface area contributed by atoms with Crippen LogP contribution in [0.4, 0.5) is 17.1 Å². The summed E-state index contributed by atoms with van der Waals surface area (Å²) >= 11 is 0. The predicted octanol–water partition coefficient (Wildman–Crippen LogP) is 1.39. The Morgan fingerprint density at radius 2 is 2.42 bits per heavy atom. The quantitative estimate of drug-likeness (QED) is 0.475. The normalized spacial score (nSPS) is 22.4. The Balaban J connectivity index is 2.15. The molecule has 0 radical (unpaired) electrons. The van der Waals surface area contributed by atoms with Gasteiger partial charge < -0.3 is 20.5 Å². The van der Waals surface area contributed by atoms with Gasteiger partial charge in [-0.05, 0) is 12.1 Å². The second-order valence-electron chi connectivity index (χ2n) is 4.54. The van der Waals surface area contributed by atoms with Gasteiger partial charge in [0.1, 0.15) is 17.0 Å². The van der Waals surface area contributed by atoms with E-state index in [1.54, 1.807) is 19.2 Å². The Morgan fingerprint density at radius 1 is 1.63 bits per heavy atom. The largest absolute Gasteiger partial charge is 0.393 e. The van der Waals surface area contributed by atoms with Crippen molar-refractivity contribution in [3.63, 3.8) is 0 Å². The third-order valence-electron chi connectivity index (χ3n) is 3.35. The summed E-state index contributed by atoms with van der Waals surface area (Å²) in [5.74, 6) is 0. The molecule has 1 aliphatic heterocycles. The van der Waals surface area contributed by atoms with Crippen LogP contribution in [-0.4, -0.2) is 37.4 Å². The summed E-state index contributed by atoms with van der Waals surface area (Å²) in [5, 5.41) is 14.1. The van der Waals surface area contributed by atoms with Crippen LogP contribution < -0.4 is 11.1 Å². The van der Waals surface area contributed by atoms with E-state index in [2.05, 4.69) is 5.32 Å². The summed E-state index contributed by atoms with van der Waals surface area (Å²) in [6, 6.07) is 4.82. The minimum Gasteiger partial charge on any atom is -0.393 e. The summed E-state index contributed by atoms with van der Waals surface area (Å²) in [5.41, 5.74) is 5.64. The summed E-state index contributed by atoms with van der Waals surface area (Å²) in [6.45, 7) is 1.55. The van der Waals surface area contributed by atoms with Gasteiger partial charge in [0.05, 0.1) is 11.5 Å². The van der Waals surface area contributed by atoms with Crippen molar-refractivity contribution in [1.29, 1.82) is 0 Å². The molecule has 1 unspecified atom stereocenters. The molecule has 1 heterocycles. The van der Waals surface area contributed by atoms with E-state index in [1.807, 2.05) is 0 Å². The number of para-hydroxylation sites is 1. The first kappa shape index (κ1) is 13.6. The van der Waals surface area contributed by atoms with Gasteiger partial charge in [-0.15, -0.1) is 0 Å². The molecule has 0 amide bonds. The SMILES string of the molecule is COC1(CNc2cccc(N)c2[N+](=O)[O-])CCOC1.